The molecule has 32 heavy (non-hydrogen) atoms. The highest BCUT2D eigenvalue weighted by molar-refractivity contribution is 7.94. The lowest BCUT2D eigenvalue weighted by molar-refractivity contribution is 0.0595. The molecular weight excluding hydrogens is 448 g/mol. The molecule has 0 saturated heterocycles. The van der Waals surface area contributed by atoms with E-state index in [1.807, 2.05) is 25.1 Å². The Morgan fingerprint density at radius 3 is 2.53 bits per heavy atom. The molecule has 2 aromatic carbocycles. The number of esters is 1. The number of sulfonamides is 1. The van der Waals surface area contributed by atoms with E-state index in [4.69, 9.17) is 4.74 Å². The van der Waals surface area contributed by atoms with Gasteiger partial charge < -0.3 is 9.64 Å². The van der Waals surface area contributed by atoms with Crippen LogP contribution in [-0.2, 0) is 27.7 Å². The van der Waals surface area contributed by atoms with Crippen molar-refractivity contribution in [1.29, 1.82) is 0 Å². The molecule has 7 nitrogen and oxygen atoms in total. The van der Waals surface area contributed by atoms with Crippen LogP contribution >= 0.6 is 11.3 Å². The molecule has 1 N–H and O–H groups in total. The largest absolute Gasteiger partial charge is 0.465 e. The zero-order chi connectivity index (χ0) is 22.9. The summed E-state index contributed by atoms with van der Waals surface area (Å²) in [7, 11) is -2.80. The number of para-hydroxylation sites is 1. The molecule has 0 bridgehead atoms. The zero-order valence-corrected chi connectivity index (χ0v) is 19.3. The summed E-state index contributed by atoms with van der Waals surface area (Å²) in [5.41, 5.74) is 2.64. The van der Waals surface area contributed by atoms with Crippen molar-refractivity contribution in [3.05, 3.63) is 81.7 Å². The summed E-state index contributed by atoms with van der Waals surface area (Å²) in [6.07, 6.45) is 0.370. The Hall–Kier alpha value is -3.17. The molecule has 2 heterocycles. The van der Waals surface area contributed by atoms with Crippen LogP contribution in [0.4, 0.5) is 5.69 Å². The second-order valence-corrected chi connectivity index (χ2v) is 10.5. The van der Waals surface area contributed by atoms with Gasteiger partial charge in [-0.15, -0.1) is 11.3 Å². The third-order valence-corrected chi connectivity index (χ3v) is 8.35. The third-order valence-electron chi connectivity index (χ3n) is 5.24. The SMILES string of the molecule is COC(=O)c1c(S(=O)(=O)Nc2ccccc2)sc2c1CCN(C(=O)c1cccc(C)c1)C2. The Morgan fingerprint density at radius 2 is 1.84 bits per heavy atom. The summed E-state index contributed by atoms with van der Waals surface area (Å²) in [6.45, 7) is 2.54. The second kappa shape index (κ2) is 8.76. The van der Waals surface area contributed by atoms with Crippen LogP contribution in [0, 0.1) is 6.92 Å². The van der Waals surface area contributed by atoms with Crippen molar-refractivity contribution in [2.75, 3.05) is 18.4 Å². The average Bonchev–Trinajstić information content (AvgIpc) is 3.18. The van der Waals surface area contributed by atoms with Crippen molar-refractivity contribution in [2.45, 2.75) is 24.1 Å². The topological polar surface area (TPSA) is 92.8 Å². The van der Waals surface area contributed by atoms with Crippen molar-refractivity contribution < 1.29 is 22.7 Å². The van der Waals surface area contributed by atoms with Crippen molar-refractivity contribution in [3.63, 3.8) is 0 Å². The van der Waals surface area contributed by atoms with Gasteiger partial charge in [0.15, 0.2) is 4.21 Å². The number of nitrogens with one attached hydrogen (secondary N) is 1. The summed E-state index contributed by atoms with van der Waals surface area (Å²) < 4.78 is 33.6. The van der Waals surface area contributed by atoms with Gasteiger partial charge in [0.05, 0.1) is 19.2 Å². The lowest BCUT2D eigenvalue weighted by Gasteiger charge is -2.27. The van der Waals surface area contributed by atoms with Gasteiger partial charge >= 0.3 is 5.97 Å². The number of aryl methyl sites for hydroxylation is 1. The minimum absolute atomic E-state index is 0.0542. The normalized spacial score (nSPS) is 13.4. The first-order chi connectivity index (χ1) is 15.3. The summed E-state index contributed by atoms with van der Waals surface area (Å²) >= 11 is 1.01. The monoisotopic (exact) mass is 470 g/mol. The summed E-state index contributed by atoms with van der Waals surface area (Å²) in [5, 5.41) is 0. The number of nitrogens with zero attached hydrogens (tertiary/aromatic N) is 1. The molecule has 0 aliphatic carbocycles. The van der Waals surface area contributed by atoms with E-state index >= 15 is 0 Å². The minimum Gasteiger partial charge on any atom is -0.465 e. The molecule has 166 valence electrons. The third kappa shape index (κ3) is 4.26. The van der Waals surface area contributed by atoms with E-state index in [9.17, 15) is 18.0 Å². The molecule has 0 fully saturated rings. The Bertz CT molecular complexity index is 1280. The molecule has 0 unspecified atom stereocenters. The molecular formula is C23H22N2O5S2. The number of thiophene rings is 1. The van der Waals surface area contributed by atoms with Crippen molar-refractivity contribution in [1.82, 2.24) is 4.90 Å². The molecule has 3 aromatic rings. The highest BCUT2D eigenvalue weighted by Gasteiger charge is 2.35. The minimum atomic E-state index is -4.02. The number of amides is 1. The fourth-order valence-corrected chi connectivity index (χ4v) is 6.68. The lowest BCUT2D eigenvalue weighted by Crippen LogP contribution is -2.35. The Kier molecular flexibility index (Phi) is 6.03. The van der Waals surface area contributed by atoms with E-state index in [2.05, 4.69) is 4.72 Å². The standard InChI is InChI=1S/C23H22N2O5S2/c1-15-7-6-8-16(13-15)21(26)25-12-11-18-19(14-25)31-23(20(18)22(27)30-2)32(28,29)24-17-9-4-3-5-10-17/h3-10,13,24H,11-12,14H2,1-2H3. The summed E-state index contributed by atoms with van der Waals surface area (Å²) in [5.74, 6) is -0.825. The van der Waals surface area contributed by atoms with Gasteiger partial charge in [-0.1, -0.05) is 35.9 Å². The van der Waals surface area contributed by atoms with Crippen LogP contribution in [0.25, 0.3) is 0 Å². The molecule has 4 rings (SSSR count). The number of carbonyl (C=O) groups is 2. The number of carbonyl (C=O) groups excluding carboxylic acids is 2. The van der Waals surface area contributed by atoms with E-state index in [0.717, 1.165) is 16.9 Å². The first-order valence-electron chi connectivity index (χ1n) is 9.97. The van der Waals surface area contributed by atoms with Crippen LogP contribution < -0.4 is 4.72 Å². The predicted molar refractivity (Wildman–Crippen MR) is 123 cm³/mol. The molecule has 1 aromatic heterocycles. The Morgan fingerprint density at radius 1 is 1.09 bits per heavy atom. The van der Waals surface area contributed by atoms with Gasteiger partial charge in [0.25, 0.3) is 15.9 Å². The van der Waals surface area contributed by atoms with Gasteiger partial charge in [0, 0.05) is 22.7 Å². The van der Waals surface area contributed by atoms with Gasteiger partial charge in [0.1, 0.15) is 0 Å². The number of hydrogen-bond acceptors (Lipinski definition) is 6. The fourth-order valence-electron chi connectivity index (χ4n) is 3.72. The molecule has 0 atom stereocenters. The summed E-state index contributed by atoms with van der Waals surface area (Å²) in [6, 6.07) is 15.8. The average molecular weight is 471 g/mol. The maximum absolute atomic E-state index is 13.1. The number of anilines is 1. The van der Waals surface area contributed by atoms with Crippen LogP contribution in [0.2, 0.25) is 0 Å². The van der Waals surface area contributed by atoms with Crippen LogP contribution in [-0.4, -0.2) is 38.8 Å². The number of hydrogen-bond donors (Lipinski definition) is 1. The van der Waals surface area contributed by atoms with Crippen molar-refractivity contribution >= 4 is 38.9 Å². The van der Waals surface area contributed by atoms with Crippen molar-refractivity contribution in [3.8, 4) is 0 Å². The molecule has 0 saturated carbocycles. The first-order valence-corrected chi connectivity index (χ1v) is 12.3. The number of methoxy groups -OCH3 is 1. The maximum Gasteiger partial charge on any atom is 0.340 e. The van der Waals surface area contributed by atoms with Gasteiger partial charge in [-0.3, -0.25) is 9.52 Å². The molecule has 1 aliphatic rings. The number of rotatable bonds is 5. The molecule has 0 radical (unpaired) electrons. The molecule has 9 heteroatoms. The number of ether oxygens (including phenoxy) is 1. The highest BCUT2D eigenvalue weighted by atomic mass is 32.2. The van der Waals surface area contributed by atoms with Gasteiger partial charge in [-0.05, 0) is 43.2 Å². The van der Waals surface area contributed by atoms with Crippen molar-refractivity contribution in [2.24, 2.45) is 0 Å². The zero-order valence-electron chi connectivity index (χ0n) is 17.6. The van der Waals surface area contributed by atoms with E-state index in [-0.39, 0.29) is 22.2 Å². The lowest BCUT2D eigenvalue weighted by atomic mass is 10.0. The van der Waals surface area contributed by atoms with Gasteiger partial charge in [0.2, 0.25) is 0 Å². The maximum atomic E-state index is 13.1. The Balaban J connectivity index is 1.69. The van der Waals surface area contributed by atoms with Crippen LogP contribution in [0.3, 0.4) is 0 Å². The van der Waals surface area contributed by atoms with Gasteiger partial charge in [-0.25, -0.2) is 13.2 Å². The Labute approximate surface area is 190 Å². The molecule has 1 aliphatic heterocycles. The van der Waals surface area contributed by atoms with E-state index in [1.165, 1.54) is 7.11 Å². The predicted octanol–water partition coefficient (Wildman–Crippen LogP) is 3.84. The quantitative estimate of drug-likeness (QED) is 0.572. The second-order valence-electron chi connectivity index (χ2n) is 7.48. The fraction of sp³-hybridized carbons (Fsp3) is 0.217. The van der Waals surface area contributed by atoms with Crippen LogP contribution in [0.15, 0.2) is 58.8 Å². The number of benzene rings is 2. The summed E-state index contributed by atoms with van der Waals surface area (Å²) in [4.78, 5) is 27.9. The van der Waals surface area contributed by atoms with E-state index < -0.39 is 16.0 Å². The van der Waals surface area contributed by atoms with Gasteiger partial charge in [-0.2, -0.15) is 0 Å². The highest BCUT2D eigenvalue weighted by Crippen LogP contribution is 2.37. The molecule has 1 amide bonds. The van der Waals surface area contributed by atoms with Crippen LogP contribution in [0.5, 0.6) is 0 Å². The first kappa shape index (κ1) is 22.0. The van der Waals surface area contributed by atoms with E-state index in [0.29, 0.717) is 34.7 Å². The number of fused-ring (bicyclic) bond motifs is 1. The van der Waals surface area contributed by atoms with Crippen LogP contribution in [0.1, 0.15) is 36.7 Å². The van der Waals surface area contributed by atoms with E-state index in [1.54, 1.807) is 41.3 Å². The smallest absolute Gasteiger partial charge is 0.340 e. The molecule has 0 spiro atoms.